The van der Waals surface area contributed by atoms with Gasteiger partial charge in [0.1, 0.15) is 5.82 Å². The number of aryl methyl sites for hydroxylation is 1. The number of hydrogen-bond donors (Lipinski definition) is 1. The summed E-state index contributed by atoms with van der Waals surface area (Å²) < 4.78 is 14.5. The Morgan fingerprint density at radius 1 is 1.20 bits per heavy atom. The van der Waals surface area contributed by atoms with Gasteiger partial charge in [-0.3, -0.25) is 14.6 Å². The molecule has 0 spiro atoms. The van der Waals surface area contributed by atoms with Crippen molar-refractivity contribution < 1.29 is 14.0 Å². The summed E-state index contributed by atoms with van der Waals surface area (Å²) in [5.41, 5.74) is 9.29. The second-order valence-corrected chi connectivity index (χ2v) is 7.57. The molecule has 0 aliphatic heterocycles. The van der Waals surface area contributed by atoms with Crippen LogP contribution in [0.2, 0.25) is 0 Å². The van der Waals surface area contributed by atoms with Crippen LogP contribution in [0.5, 0.6) is 0 Å². The number of nitrogens with two attached hydrogens (primary N) is 1. The molecule has 30 heavy (non-hydrogen) atoms. The molecule has 0 saturated heterocycles. The molecule has 5 nitrogen and oxygen atoms in total. The lowest BCUT2D eigenvalue weighted by Crippen LogP contribution is -2.34. The molecule has 152 valence electrons. The summed E-state index contributed by atoms with van der Waals surface area (Å²) in [6, 6.07) is 13.6. The van der Waals surface area contributed by atoms with E-state index in [4.69, 9.17) is 5.73 Å². The first-order chi connectivity index (χ1) is 14.5. The summed E-state index contributed by atoms with van der Waals surface area (Å²) >= 11 is 0. The number of benzene rings is 2. The van der Waals surface area contributed by atoms with Crippen LogP contribution in [-0.4, -0.2) is 21.7 Å². The third kappa shape index (κ3) is 3.68. The van der Waals surface area contributed by atoms with Gasteiger partial charge in [-0.1, -0.05) is 24.3 Å². The van der Waals surface area contributed by atoms with Gasteiger partial charge in [-0.2, -0.15) is 0 Å². The van der Waals surface area contributed by atoms with Crippen molar-refractivity contribution in [3.63, 3.8) is 0 Å². The first-order valence-corrected chi connectivity index (χ1v) is 9.83. The number of aromatic nitrogens is 1. The fourth-order valence-corrected chi connectivity index (χ4v) is 4.18. The van der Waals surface area contributed by atoms with Crippen LogP contribution < -0.4 is 5.73 Å². The second kappa shape index (κ2) is 8.06. The van der Waals surface area contributed by atoms with Crippen LogP contribution >= 0.6 is 0 Å². The van der Waals surface area contributed by atoms with Gasteiger partial charge >= 0.3 is 0 Å². The summed E-state index contributed by atoms with van der Waals surface area (Å²) in [6.45, 7) is 2.03. The quantitative estimate of drug-likeness (QED) is 0.701. The molecule has 1 aliphatic rings. The highest BCUT2D eigenvalue weighted by atomic mass is 19.1. The number of nitrogens with zero attached hydrogens (tertiary/aromatic N) is 2. The Balaban J connectivity index is 1.79. The van der Waals surface area contributed by atoms with E-state index >= 15 is 0 Å². The Labute approximate surface area is 174 Å². The van der Waals surface area contributed by atoms with Crippen molar-refractivity contribution in [3.8, 4) is 0 Å². The first-order valence-electron chi connectivity index (χ1n) is 9.83. The van der Waals surface area contributed by atoms with Crippen LogP contribution in [0.3, 0.4) is 0 Å². The lowest BCUT2D eigenvalue weighted by Gasteiger charge is -2.31. The van der Waals surface area contributed by atoms with E-state index in [-0.39, 0.29) is 24.3 Å². The molecule has 4 rings (SSSR count). The zero-order valence-electron chi connectivity index (χ0n) is 16.6. The molecule has 1 heterocycles. The average molecular weight is 403 g/mol. The molecule has 1 aliphatic carbocycles. The molecular weight excluding hydrogens is 381 g/mol. The Hall–Kier alpha value is -3.54. The molecular formula is C24H22FN3O2. The Morgan fingerprint density at radius 2 is 2.00 bits per heavy atom. The minimum absolute atomic E-state index is 0.187. The molecule has 0 saturated carbocycles. The van der Waals surface area contributed by atoms with Crippen molar-refractivity contribution in [1.82, 2.24) is 9.88 Å². The van der Waals surface area contributed by atoms with Crippen molar-refractivity contribution in [2.24, 2.45) is 5.73 Å². The Morgan fingerprint density at radius 3 is 2.73 bits per heavy atom. The minimum Gasteiger partial charge on any atom is -0.366 e. The smallest absolute Gasteiger partial charge is 0.256 e. The zero-order valence-corrected chi connectivity index (χ0v) is 16.6. The topological polar surface area (TPSA) is 76.3 Å². The van der Waals surface area contributed by atoms with Crippen LogP contribution in [0.25, 0.3) is 0 Å². The van der Waals surface area contributed by atoms with Crippen molar-refractivity contribution in [2.45, 2.75) is 32.4 Å². The van der Waals surface area contributed by atoms with Gasteiger partial charge in [0.25, 0.3) is 5.91 Å². The van der Waals surface area contributed by atoms with Gasteiger partial charge < -0.3 is 10.6 Å². The van der Waals surface area contributed by atoms with E-state index in [1.807, 2.05) is 13.0 Å². The highest BCUT2D eigenvalue weighted by Gasteiger charge is 2.34. The fourth-order valence-electron chi connectivity index (χ4n) is 4.18. The summed E-state index contributed by atoms with van der Waals surface area (Å²) in [7, 11) is 0. The largest absolute Gasteiger partial charge is 0.366 e. The minimum atomic E-state index is -0.548. The van der Waals surface area contributed by atoms with Crippen LogP contribution in [-0.2, 0) is 13.0 Å². The molecule has 1 atom stereocenters. The van der Waals surface area contributed by atoms with E-state index in [0.29, 0.717) is 35.1 Å². The van der Waals surface area contributed by atoms with Crippen molar-refractivity contribution >= 4 is 11.8 Å². The number of amides is 2. The maximum Gasteiger partial charge on any atom is 0.256 e. The van der Waals surface area contributed by atoms with Gasteiger partial charge in [-0.25, -0.2) is 4.39 Å². The van der Waals surface area contributed by atoms with E-state index in [9.17, 15) is 14.0 Å². The van der Waals surface area contributed by atoms with Crippen LogP contribution in [0.15, 0.2) is 60.9 Å². The van der Waals surface area contributed by atoms with Crippen LogP contribution in [0, 0.1) is 12.7 Å². The van der Waals surface area contributed by atoms with Crippen molar-refractivity contribution in [2.75, 3.05) is 0 Å². The highest BCUT2D eigenvalue weighted by Crippen LogP contribution is 2.39. The predicted octanol–water partition coefficient (Wildman–Crippen LogP) is 3.96. The number of primary amides is 1. The zero-order chi connectivity index (χ0) is 21.3. The third-order valence-corrected chi connectivity index (χ3v) is 5.57. The average Bonchev–Trinajstić information content (AvgIpc) is 3.16. The number of pyridine rings is 1. The monoisotopic (exact) mass is 403 g/mol. The molecule has 3 aromatic rings. The Bertz CT molecular complexity index is 1110. The summed E-state index contributed by atoms with van der Waals surface area (Å²) in [4.78, 5) is 31.1. The number of fused-ring (bicyclic) bond motifs is 1. The fraction of sp³-hybridized carbons (Fsp3) is 0.208. The molecule has 2 N–H and O–H groups in total. The molecule has 0 unspecified atom stereocenters. The molecule has 1 aromatic heterocycles. The summed E-state index contributed by atoms with van der Waals surface area (Å²) in [5, 5.41) is 0. The van der Waals surface area contributed by atoms with E-state index in [0.717, 1.165) is 11.1 Å². The molecule has 0 radical (unpaired) electrons. The maximum absolute atomic E-state index is 14.5. The molecule has 2 aromatic carbocycles. The van der Waals surface area contributed by atoms with Gasteiger partial charge in [-0.15, -0.1) is 0 Å². The van der Waals surface area contributed by atoms with E-state index in [2.05, 4.69) is 4.98 Å². The Kier molecular flexibility index (Phi) is 5.31. The van der Waals surface area contributed by atoms with Crippen LogP contribution in [0.4, 0.5) is 4.39 Å². The summed E-state index contributed by atoms with van der Waals surface area (Å²) in [5.74, 6) is -1.01. The van der Waals surface area contributed by atoms with Crippen molar-refractivity contribution in [3.05, 3.63) is 100 Å². The van der Waals surface area contributed by atoms with E-state index in [1.165, 1.54) is 12.3 Å². The van der Waals surface area contributed by atoms with Crippen molar-refractivity contribution in [1.29, 1.82) is 0 Å². The number of hydrogen-bond acceptors (Lipinski definition) is 3. The van der Waals surface area contributed by atoms with Gasteiger partial charge in [-0.05, 0) is 66.3 Å². The standard InChI is InChI=1S/C24H22FN3O2/c1-15-11-20-19(21(25)12-15)8-9-22(20)28(24(30)16-6-4-10-27-13-16)14-17-5-2-3-7-18(17)23(26)29/h2-7,10-13,22H,8-9,14H2,1H3,(H2,26,29)/t22-/m1/s1. The van der Waals surface area contributed by atoms with Crippen LogP contribution in [0.1, 0.15) is 55.4 Å². The lowest BCUT2D eigenvalue weighted by molar-refractivity contribution is 0.0655. The van der Waals surface area contributed by atoms with E-state index < -0.39 is 5.91 Å². The van der Waals surface area contributed by atoms with Gasteiger partial charge in [0.05, 0.1) is 11.6 Å². The maximum atomic E-state index is 14.5. The number of halogens is 1. The van der Waals surface area contributed by atoms with Gasteiger partial charge in [0, 0.05) is 24.5 Å². The SMILES string of the molecule is Cc1cc(F)c2c(c1)[C@H](N(Cc1ccccc1C(N)=O)C(=O)c1cccnc1)CC2. The van der Waals surface area contributed by atoms with Gasteiger partial charge in [0.15, 0.2) is 0 Å². The first kappa shape index (κ1) is 19.8. The normalized spacial score (nSPS) is 14.9. The number of carbonyl (C=O) groups is 2. The molecule has 0 bridgehead atoms. The highest BCUT2D eigenvalue weighted by molar-refractivity contribution is 5.96. The number of rotatable bonds is 5. The number of carbonyl (C=O) groups excluding carboxylic acids is 2. The van der Waals surface area contributed by atoms with Gasteiger partial charge in [0.2, 0.25) is 5.91 Å². The predicted molar refractivity (Wildman–Crippen MR) is 111 cm³/mol. The third-order valence-electron chi connectivity index (χ3n) is 5.57. The lowest BCUT2D eigenvalue weighted by atomic mass is 10.0. The molecule has 0 fully saturated rings. The second-order valence-electron chi connectivity index (χ2n) is 7.57. The molecule has 2 amide bonds. The molecule has 6 heteroatoms. The summed E-state index contributed by atoms with van der Waals surface area (Å²) in [6.07, 6.45) is 4.29. The van der Waals surface area contributed by atoms with E-state index in [1.54, 1.807) is 47.5 Å².